The van der Waals surface area contributed by atoms with E-state index in [1.54, 1.807) is 0 Å². The lowest BCUT2D eigenvalue weighted by molar-refractivity contribution is 0.561. The van der Waals surface area contributed by atoms with E-state index in [4.69, 9.17) is 0 Å². The Labute approximate surface area is 92.8 Å². The molecule has 1 rings (SSSR count). The van der Waals surface area contributed by atoms with Crippen molar-refractivity contribution in [1.29, 1.82) is 0 Å². The van der Waals surface area contributed by atoms with E-state index < -0.39 is 26.6 Å². The van der Waals surface area contributed by atoms with Crippen LogP contribution >= 0.6 is 0 Å². The zero-order valence-electron chi connectivity index (χ0n) is 8.41. The van der Waals surface area contributed by atoms with Crippen LogP contribution < -0.4 is 4.72 Å². The van der Waals surface area contributed by atoms with Crippen molar-refractivity contribution in [3.63, 3.8) is 0 Å². The van der Waals surface area contributed by atoms with Crippen molar-refractivity contribution >= 4 is 10.0 Å². The highest BCUT2D eigenvalue weighted by Crippen LogP contribution is 2.13. The van der Waals surface area contributed by atoms with Gasteiger partial charge < -0.3 is 0 Å². The van der Waals surface area contributed by atoms with Crippen LogP contribution in [-0.4, -0.2) is 15.0 Å². The predicted molar refractivity (Wildman–Crippen MR) is 56.4 cm³/mol. The van der Waals surface area contributed by atoms with Gasteiger partial charge in [-0.05, 0) is 18.6 Å². The number of benzene rings is 1. The Morgan fingerprint density at radius 1 is 1.25 bits per heavy atom. The van der Waals surface area contributed by atoms with Crippen molar-refractivity contribution < 1.29 is 17.2 Å². The molecule has 1 N–H and O–H groups in total. The Balaban J connectivity index is 2.93. The summed E-state index contributed by atoms with van der Waals surface area (Å²) in [5.41, 5.74) is 0. The number of hydrogen-bond acceptors (Lipinski definition) is 2. The first-order valence-corrected chi connectivity index (χ1v) is 6.00. The van der Waals surface area contributed by atoms with Crippen LogP contribution in [0.2, 0.25) is 0 Å². The van der Waals surface area contributed by atoms with Gasteiger partial charge in [-0.3, -0.25) is 0 Å². The molecule has 6 heteroatoms. The molecule has 88 valence electrons. The summed E-state index contributed by atoms with van der Waals surface area (Å²) in [6.07, 6.45) is 1.98. The SMILES string of the molecule is C=CCCNS(=O)(=O)c1cc(F)cc(F)c1. The fourth-order valence-electron chi connectivity index (χ4n) is 1.06. The van der Waals surface area contributed by atoms with Crippen LogP contribution in [0.4, 0.5) is 8.78 Å². The smallest absolute Gasteiger partial charge is 0.211 e. The second-order valence-corrected chi connectivity index (χ2v) is 4.85. The van der Waals surface area contributed by atoms with E-state index in [9.17, 15) is 17.2 Å². The summed E-state index contributed by atoms with van der Waals surface area (Å²) < 4.78 is 50.9. The van der Waals surface area contributed by atoms with Gasteiger partial charge in [-0.15, -0.1) is 6.58 Å². The van der Waals surface area contributed by atoms with Gasteiger partial charge in [-0.2, -0.15) is 0 Å². The average molecular weight is 247 g/mol. The van der Waals surface area contributed by atoms with E-state index >= 15 is 0 Å². The van der Waals surface area contributed by atoms with Crippen LogP contribution in [0.15, 0.2) is 35.7 Å². The number of sulfonamides is 1. The van der Waals surface area contributed by atoms with Crippen molar-refractivity contribution in [2.75, 3.05) is 6.54 Å². The minimum atomic E-state index is -3.86. The van der Waals surface area contributed by atoms with Crippen LogP contribution in [0, 0.1) is 11.6 Å². The Kier molecular flexibility index (Phi) is 4.14. The van der Waals surface area contributed by atoms with Crippen LogP contribution in [-0.2, 0) is 10.0 Å². The molecule has 0 fully saturated rings. The van der Waals surface area contributed by atoms with E-state index in [1.807, 2.05) is 0 Å². The summed E-state index contributed by atoms with van der Waals surface area (Å²) in [5.74, 6) is -1.85. The first-order chi connectivity index (χ1) is 7.45. The van der Waals surface area contributed by atoms with Crippen LogP contribution in [0.1, 0.15) is 6.42 Å². The first-order valence-electron chi connectivity index (χ1n) is 4.52. The zero-order chi connectivity index (χ0) is 12.2. The molecular weight excluding hydrogens is 236 g/mol. The highest BCUT2D eigenvalue weighted by Gasteiger charge is 2.15. The van der Waals surface area contributed by atoms with Crippen molar-refractivity contribution in [3.05, 3.63) is 42.5 Å². The minimum absolute atomic E-state index is 0.143. The lowest BCUT2D eigenvalue weighted by Gasteiger charge is -2.05. The fraction of sp³-hybridized carbons (Fsp3) is 0.200. The van der Waals surface area contributed by atoms with Gasteiger partial charge in [0, 0.05) is 12.6 Å². The molecule has 0 aliphatic carbocycles. The second-order valence-electron chi connectivity index (χ2n) is 3.08. The molecule has 0 heterocycles. The third-order valence-electron chi connectivity index (χ3n) is 1.79. The molecule has 3 nitrogen and oxygen atoms in total. The molecule has 1 aromatic rings. The highest BCUT2D eigenvalue weighted by atomic mass is 32.2. The van der Waals surface area contributed by atoms with Crippen molar-refractivity contribution in [2.24, 2.45) is 0 Å². The van der Waals surface area contributed by atoms with Gasteiger partial charge in [0.05, 0.1) is 4.90 Å². The molecule has 0 saturated carbocycles. The Morgan fingerprint density at radius 3 is 2.31 bits per heavy atom. The number of hydrogen-bond donors (Lipinski definition) is 1. The summed E-state index contributed by atoms with van der Waals surface area (Å²) >= 11 is 0. The Hall–Kier alpha value is -1.27. The van der Waals surface area contributed by atoms with Gasteiger partial charge in [0.1, 0.15) is 11.6 Å². The van der Waals surface area contributed by atoms with Gasteiger partial charge in [0.25, 0.3) is 0 Å². The molecule has 0 aliphatic heterocycles. The maximum atomic E-state index is 12.8. The lowest BCUT2D eigenvalue weighted by Crippen LogP contribution is -2.24. The fourth-order valence-corrected chi connectivity index (χ4v) is 2.15. The average Bonchev–Trinajstić information content (AvgIpc) is 2.16. The van der Waals surface area contributed by atoms with E-state index in [0.717, 1.165) is 12.1 Å². The molecule has 1 aromatic carbocycles. The summed E-state index contributed by atoms with van der Waals surface area (Å²) in [5, 5.41) is 0. The van der Waals surface area contributed by atoms with Crippen molar-refractivity contribution in [3.8, 4) is 0 Å². The molecule has 16 heavy (non-hydrogen) atoms. The highest BCUT2D eigenvalue weighted by molar-refractivity contribution is 7.89. The maximum absolute atomic E-state index is 12.8. The topological polar surface area (TPSA) is 46.2 Å². The summed E-state index contributed by atoms with van der Waals surface area (Å²) in [4.78, 5) is -0.422. The monoisotopic (exact) mass is 247 g/mol. The molecule has 0 aromatic heterocycles. The van der Waals surface area contributed by atoms with Crippen LogP contribution in [0.3, 0.4) is 0 Å². The lowest BCUT2D eigenvalue weighted by atomic mass is 10.3. The number of halogens is 2. The van der Waals surface area contributed by atoms with Crippen LogP contribution in [0.5, 0.6) is 0 Å². The zero-order valence-corrected chi connectivity index (χ0v) is 9.23. The molecule has 0 spiro atoms. The van der Waals surface area contributed by atoms with Gasteiger partial charge >= 0.3 is 0 Å². The third-order valence-corrected chi connectivity index (χ3v) is 3.23. The number of nitrogens with one attached hydrogen (secondary N) is 1. The van der Waals surface area contributed by atoms with E-state index in [2.05, 4.69) is 11.3 Å². The summed E-state index contributed by atoms with van der Waals surface area (Å²) in [7, 11) is -3.86. The molecule has 0 unspecified atom stereocenters. The van der Waals surface area contributed by atoms with Gasteiger partial charge in [0.2, 0.25) is 10.0 Å². The minimum Gasteiger partial charge on any atom is -0.211 e. The van der Waals surface area contributed by atoms with Gasteiger partial charge in [-0.25, -0.2) is 21.9 Å². The molecule has 0 aliphatic rings. The van der Waals surface area contributed by atoms with E-state index in [-0.39, 0.29) is 6.54 Å². The normalized spacial score (nSPS) is 11.4. The largest absolute Gasteiger partial charge is 0.240 e. The van der Waals surface area contributed by atoms with Crippen molar-refractivity contribution in [1.82, 2.24) is 4.72 Å². The predicted octanol–water partition coefficient (Wildman–Crippen LogP) is 1.82. The van der Waals surface area contributed by atoms with E-state index in [0.29, 0.717) is 12.5 Å². The Morgan fingerprint density at radius 2 is 1.81 bits per heavy atom. The third kappa shape index (κ3) is 3.39. The van der Waals surface area contributed by atoms with E-state index in [1.165, 1.54) is 6.08 Å². The number of rotatable bonds is 5. The molecule has 0 atom stereocenters. The molecular formula is C10H11F2NO2S. The molecule has 0 amide bonds. The van der Waals surface area contributed by atoms with Gasteiger partial charge in [-0.1, -0.05) is 6.08 Å². The summed E-state index contributed by atoms with van der Waals surface area (Å²) in [6.45, 7) is 3.57. The van der Waals surface area contributed by atoms with Crippen LogP contribution in [0.25, 0.3) is 0 Å². The molecule has 0 saturated heterocycles. The standard InChI is InChI=1S/C10H11F2NO2S/c1-2-3-4-13-16(14,15)10-6-8(11)5-9(12)7-10/h2,5-7,13H,1,3-4H2. The first kappa shape index (κ1) is 12.8. The maximum Gasteiger partial charge on any atom is 0.240 e. The van der Waals surface area contributed by atoms with Gasteiger partial charge in [0.15, 0.2) is 0 Å². The van der Waals surface area contributed by atoms with Crippen molar-refractivity contribution in [2.45, 2.75) is 11.3 Å². The summed E-state index contributed by atoms with van der Waals surface area (Å²) in [6, 6.07) is 2.14. The Bertz CT molecular complexity index is 465. The second kappa shape index (κ2) is 5.18. The quantitative estimate of drug-likeness (QED) is 0.637. The molecule has 0 bridgehead atoms. The molecule has 0 radical (unpaired) electrons.